The van der Waals surface area contributed by atoms with Crippen molar-refractivity contribution in [3.63, 3.8) is 0 Å². The Labute approximate surface area is 183 Å². The smallest absolute Gasteiger partial charge is 0.272 e. The zero-order valence-electron chi connectivity index (χ0n) is 15.1. The van der Waals surface area contributed by atoms with Crippen LogP contribution in [0.3, 0.4) is 0 Å². The molecule has 1 aliphatic heterocycles. The molecule has 12 heteroatoms. The van der Waals surface area contributed by atoms with Crippen molar-refractivity contribution in [2.24, 2.45) is 0 Å². The molecule has 0 radical (unpaired) electrons. The number of thioether (sulfide) groups is 1. The fourth-order valence-corrected chi connectivity index (χ4v) is 3.87. The molecular formula is C18H11Cl2N5O4S. The third kappa shape index (κ3) is 3.72. The summed E-state index contributed by atoms with van der Waals surface area (Å²) in [7, 11) is 0. The zero-order chi connectivity index (χ0) is 21.4. The second kappa shape index (κ2) is 7.98. The fraction of sp³-hybridized carbons (Fsp3) is 0.0556. The predicted octanol–water partition coefficient (Wildman–Crippen LogP) is 4.65. The van der Waals surface area contributed by atoms with E-state index in [4.69, 9.17) is 33.0 Å². The lowest BCUT2D eigenvalue weighted by molar-refractivity contribution is -0.114. The molecule has 0 aliphatic carbocycles. The van der Waals surface area contributed by atoms with Crippen LogP contribution in [0.25, 0.3) is 17.4 Å². The molecular weight excluding hydrogens is 453 g/mol. The van der Waals surface area contributed by atoms with Crippen LogP contribution in [0.15, 0.2) is 44.3 Å². The van der Waals surface area contributed by atoms with Gasteiger partial charge in [-0.3, -0.25) is 15.0 Å². The lowest BCUT2D eigenvalue weighted by atomic mass is 10.2. The van der Waals surface area contributed by atoms with Crippen LogP contribution in [0.4, 0.5) is 11.6 Å². The van der Waals surface area contributed by atoms with Crippen LogP contribution in [0.1, 0.15) is 12.7 Å². The Hall–Kier alpha value is -3.08. The summed E-state index contributed by atoms with van der Waals surface area (Å²) in [6.07, 6.45) is 1.50. The molecule has 2 N–H and O–H groups in total. The maximum absolute atomic E-state index is 12.8. The maximum atomic E-state index is 12.8. The van der Waals surface area contributed by atoms with Gasteiger partial charge in [0.2, 0.25) is 17.5 Å². The number of amidine groups is 1. The Kier molecular flexibility index (Phi) is 5.37. The standard InChI is InChI=1S/C18H11Cl2N5O4S/c1-8(26)22-15-16(24-29-23-15)25-17(27)13(30-18(25)21)7-9-5-6-12(28-9)10-3-2-4-11(19)14(10)20/h2-7,21H,1H3,(H,22,23,26)/b13-7-,21-18?. The molecule has 0 unspecified atom stereocenters. The van der Waals surface area contributed by atoms with Gasteiger partial charge in [-0.25, -0.2) is 9.53 Å². The lowest BCUT2D eigenvalue weighted by Crippen LogP contribution is -2.29. The number of benzene rings is 1. The molecule has 2 aromatic heterocycles. The van der Waals surface area contributed by atoms with E-state index in [0.29, 0.717) is 27.1 Å². The summed E-state index contributed by atoms with van der Waals surface area (Å²) in [5, 5.41) is 18.3. The quantitative estimate of drug-likeness (QED) is 0.539. The van der Waals surface area contributed by atoms with Crippen molar-refractivity contribution in [1.29, 1.82) is 5.41 Å². The molecule has 3 heterocycles. The highest BCUT2D eigenvalue weighted by Crippen LogP contribution is 2.38. The summed E-state index contributed by atoms with van der Waals surface area (Å²) >= 11 is 13.2. The van der Waals surface area contributed by atoms with Crippen molar-refractivity contribution in [2.75, 3.05) is 10.2 Å². The molecule has 152 valence electrons. The number of hydrogen-bond acceptors (Lipinski definition) is 8. The number of carbonyl (C=O) groups is 2. The molecule has 1 aliphatic rings. The molecule has 9 nitrogen and oxygen atoms in total. The van der Waals surface area contributed by atoms with Gasteiger partial charge in [-0.05, 0) is 46.3 Å². The number of nitrogens with one attached hydrogen (secondary N) is 2. The molecule has 0 atom stereocenters. The Morgan fingerprint density at radius 3 is 2.83 bits per heavy atom. The van der Waals surface area contributed by atoms with E-state index in [1.165, 1.54) is 13.0 Å². The first-order valence-corrected chi connectivity index (χ1v) is 9.89. The molecule has 0 bridgehead atoms. The highest BCUT2D eigenvalue weighted by molar-refractivity contribution is 8.19. The second-order valence-electron chi connectivity index (χ2n) is 5.98. The van der Waals surface area contributed by atoms with Gasteiger partial charge in [-0.1, -0.05) is 29.3 Å². The molecule has 0 saturated carbocycles. The van der Waals surface area contributed by atoms with Crippen LogP contribution in [0, 0.1) is 5.41 Å². The Morgan fingerprint density at radius 1 is 1.27 bits per heavy atom. The van der Waals surface area contributed by atoms with Gasteiger partial charge in [0, 0.05) is 18.6 Å². The number of halogens is 2. The summed E-state index contributed by atoms with van der Waals surface area (Å²) in [6.45, 7) is 1.27. The van der Waals surface area contributed by atoms with Crippen LogP contribution in [0.5, 0.6) is 0 Å². The van der Waals surface area contributed by atoms with Crippen LogP contribution in [0.2, 0.25) is 10.0 Å². The van der Waals surface area contributed by atoms with E-state index in [9.17, 15) is 9.59 Å². The molecule has 4 rings (SSSR count). The van der Waals surface area contributed by atoms with E-state index in [1.807, 2.05) is 0 Å². The largest absolute Gasteiger partial charge is 0.457 e. The number of anilines is 2. The SMILES string of the molecule is CC(=O)Nc1nonc1N1C(=N)S/C(=C\c2ccc(-c3cccc(Cl)c3Cl)o2)C1=O. The minimum absolute atomic E-state index is 0.0571. The first kappa shape index (κ1) is 20.2. The van der Waals surface area contributed by atoms with E-state index in [2.05, 4.69) is 20.3 Å². The van der Waals surface area contributed by atoms with Crippen molar-refractivity contribution in [3.8, 4) is 11.3 Å². The number of amides is 2. The Balaban J connectivity index is 1.62. The van der Waals surface area contributed by atoms with Crippen LogP contribution in [-0.2, 0) is 9.59 Å². The van der Waals surface area contributed by atoms with Gasteiger partial charge in [0.15, 0.2) is 5.17 Å². The van der Waals surface area contributed by atoms with E-state index in [1.54, 1.807) is 30.3 Å². The number of rotatable bonds is 4. The maximum Gasteiger partial charge on any atom is 0.272 e. The number of nitrogens with zero attached hydrogens (tertiary/aromatic N) is 3. The van der Waals surface area contributed by atoms with E-state index >= 15 is 0 Å². The molecule has 1 aromatic carbocycles. The molecule has 0 spiro atoms. The molecule has 30 heavy (non-hydrogen) atoms. The topological polar surface area (TPSA) is 125 Å². The monoisotopic (exact) mass is 463 g/mol. The second-order valence-corrected chi connectivity index (χ2v) is 7.79. The highest BCUT2D eigenvalue weighted by Gasteiger charge is 2.38. The van der Waals surface area contributed by atoms with Crippen molar-refractivity contribution >= 4 is 69.7 Å². The summed E-state index contributed by atoms with van der Waals surface area (Å²) in [5.41, 5.74) is 0.613. The number of furan rings is 1. The molecule has 3 aromatic rings. The fourth-order valence-electron chi connectivity index (χ4n) is 2.65. The number of aromatic nitrogens is 2. The summed E-state index contributed by atoms with van der Waals surface area (Å²) in [6, 6.07) is 8.55. The normalized spacial score (nSPS) is 15.3. The summed E-state index contributed by atoms with van der Waals surface area (Å²) in [4.78, 5) is 25.3. The van der Waals surface area contributed by atoms with Gasteiger partial charge in [0.25, 0.3) is 5.91 Å². The zero-order valence-corrected chi connectivity index (χ0v) is 17.4. The third-order valence-corrected chi connectivity index (χ3v) is 5.63. The summed E-state index contributed by atoms with van der Waals surface area (Å²) < 4.78 is 10.4. The molecule has 2 amide bonds. The first-order valence-electron chi connectivity index (χ1n) is 8.32. The van der Waals surface area contributed by atoms with Crippen molar-refractivity contribution < 1.29 is 18.6 Å². The Morgan fingerprint density at radius 2 is 2.07 bits per heavy atom. The van der Waals surface area contributed by atoms with Gasteiger partial charge >= 0.3 is 0 Å². The minimum atomic E-state index is -0.536. The van der Waals surface area contributed by atoms with Gasteiger partial charge in [0.05, 0.1) is 15.0 Å². The molecule has 1 fully saturated rings. The van der Waals surface area contributed by atoms with E-state index < -0.39 is 11.8 Å². The van der Waals surface area contributed by atoms with Crippen LogP contribution < -0.4 is 10.2 Å². The van der Waals surface area contributed by atoms with E-state index in [-0.39, 0.29) is 21.7 Å². The number of hydrogen-bond donors (Lipinski definition) is 2. The third-order valence-electron chi connectivity index (χ3n) is 3.92. The van der Waals surface area contributed by atoms with Gasteiger partial charge in [0.1, 0.15) is 11.5 Å². The highest BCUT2D eigenvalue weighted by atomic mass is 35.5. The number of carbonyl (C=O) groups excluding carboxylic acids is 2. The van der Waals surface area contributed by atoms with Crippen molar-refractivity contribution in [1.82, 2.24) is 10.3 Å². The first-order chi connectivity index (χ1) is 14.3. The average molecular weight is 464 g/mol. The van der Waals surface area contributed by atoms with Gasteiger partial charge in [-0.2, -0.15) is 0 Å². The predicted molar refractivity (Wildman–Crippen MR) is 114 cm³/mol. The van der Waals surface area contributed by atoms with Crippen molar-refractivity contribution in [2.45, 2.75) is 6.92 Å². The average Bonchev–Trinajstić information content (AvgIpc) is 3.38. The van der Waals surface area contributed by atoms with Crippen LogP contribution >= 0.6 is 35.0 Å². The molecule has 1 saturated heterocycles. The Bertz CT molecular complexity index is 1220. The van der Waals surface area contributed by atoms with Gasteiger partial charge in [-0.15, -0.1) is 0 Å². The lowest BCUT2D eigenvalue weighted by Gasteiger charge is -2.10. The van der Waals surface area contributed by atoms with Gasteiger partial charge < -0.3 is 9.73 Å². The van der Waals surface area contributed by atoms with E-state index in [0.717, 1.165) is 16.7 Å². The minimum Gasteiger partial charge on any atom is -0.457 e. The summed E-state index contributed by atoms with van der Waals surface area (Å²) in [5.74, 6) is -0.236. The van der Waals surface area contributed by atoms with Crippen molar-refractivity contribution in [3.05, 3.63) is 51.0 Å². The van der Waals surface area contributed by atoms with Crippen LogP contribution in [-0.4, -0.2) is 27.3 Å².